The second-order valence-corrected chi connectivity index (χ2v) is 5.02. The van der Waals surface area contributed by atoms with Gasteiger partial charge in [-0.05, 0) is 19.4 Å². The highest BCUT2D eigenvalue weighted by Gasteiger charge is 2.25. The number of rotatable bonds is 5. The van der Waals surface area contributed by atoms with E-state index in [4.69, 9.17) is 10.6 Å². The topological polar surface area (TPSA) is 120 Å². The van der Waals surface area contributed by atoms with E-state index in [1.165, 1.54) is 18.2 Å². The quantitative estimate of drug-likeness (QED) is 0.424. The summed E-state index contributed by atoms with van der Waals surface area (Å²) in [6.45, 7) is 3.19. The number of carbonyl (C=O) groups excluding carboxylic acids is 1. The summed E-state index contributed by atoms with van der Waals surface area (Å²) in [5.41, 5.74) is 2.71. The molecule has 21 heavy (non-hydrogen) atoms. The number of ether oxygens (including phenoxy) is 1. The van der Waals surface area contributed by atoms with Crippen molar-refractivity contribution in [3.8, 4) is 0 Å². The minimum Gasteiger partial charge on any atom is -0.381 e. The van der Waals surface area contributed by atoms with E-state index < -0.39 is 10.8 Å². The zero-order valence-corrected chi connectivity index (χ0v) is 11.7. The van der Waals surface area contributed by atoms with Gasteiger partial charge in [0.1, 0.15) is 0 Å². The van der Waals surface area contributed by atoms with Gasteiger partial charge in [0, 0.05) is 30.7 Å². The first-order valence-electron chi connectivity index (χ1n) is 6.66. The van der Waals surface area contributed by atoms with Crippen molar-refractivity contribution < 1.29 is 14.5 Å². The molecule has 1 fully saturated rings. The summed E-state index contributed by atoms with van der Waals surface area (Å²) in [6.07, 6.45) is 0.887. The van der Waals surface area contributed by atoms with E-state index in [1.807, 2.05) is 6.92 Å². The molecular weight excluding hydrogens is 276 g/mol. The Morgan fingerprint density at radius 3 is 2.90 bits per heavy atom. The first-order chi connectivity index (χ1) is 10.0. The lowest BCUT2D eigenvalue weighted by Crippen LogP contribution is -2.38. The molecule has 8 heteroatoms. The lowest BCUT2D eigenvalue weighted by Gasteiger charge is -2.20. The van der Waals surface area contributed by atoms with Crippen LogP contribution in [-0.4, -0.2) is 30.1 Å². The van der Waals surface area contributed by atoms with Gasteiger partial charge in [0.25, 0.3) is 11.6 Å². The van der Waals surface area contributed by atoms with Crippen molar-refractivity contribution in [1.29, 1.82) is 0 Å². The lowest BCUT2D eigenvalue weighted by atomic mass is 10.00. The van der Waals surface area contributed by atoms with E-state index in [9.17, 15) is 14.9 Å². The third kappa shape index (κ3) is 3.47. The number of hydrogen-bond donors (Lipinski definition) is 3. The average molecular weight is 294 g/mol. The summed E-state index contributed by atoms with van der Waals surface area (Å²) in [4.78, 5) is 22.6. The summed E-state index contributed by atoms with van der Waals surface area (Å²) in [5.74, 6) is 5.20. The van der Waals surface area contributed by atoms with E-state index >= 15 is 0 Å². The molecule has 1 aromatic carbocycles. The Hall–Kier alpha value is -2.19. The largest absolute Gasteiger partial charge is 0.381 e. The Morgan fingerprint density at radius 2 is 2.33 bits per heavy atom. The third-order valence-electron chi connectivity index (χ3n) is 3.64. The molecular formula is C13H18N4O4. The fourth-order valence-electron chi connectivity index (χ4n) is 2.31. The number of nitrogens with two attached hydrogens (primary N) is 1. The highest BCUT2D eigenvalue weighted by Crippen LogP contribution is 2.22. The number of anilines is 1. The van der Waals surface area contributed by atoms with E-state index in [0.29, 0.717) is 18.9 Å². The van der Waals surface area contributed by atoms with Crippen molar-refractivity contribution >= 4 is 17.3 Å². The summed E-state index contributed by atoms with van der Waals surface area (Å²) < 4.78 is 5.29. The Kier molecular flexibility index (Phi) is 4.71. The van der Waals surface area contributed by atoms with Crippen LogP contribution in [0.1, 0.15) is 23.7 Å². The van der Waals surface area contributed by atoms with Crippen molar-refractivity contribution in [2.24, 2.45) is 11.8 Å². The molecule has 0 saturated carbocycles. The van der Waals surface area contributed by atoms with Crippen LogP contribution in [0.25, 0.3) is 0 Å². The van der Waals surface area contributed by atoms with Crippen LogP contribution >= 0.6 is 0 Å². The summed E-state index contributed by atoms with van der Waals surface area (Å²) in [5, 5.41) is 13.7. The smallest absolute Gasteiger partial charge is 0.270 e. The molecule has 2 atom stereocenters. The highest BCUT2D eigenvalue weighted by molar-refractivity contribution is 6.00. The molecule has 1 heterocycles. The molecule has 0 aromatic heterocycles. The second-order valence-electron chi connectivity index (χ2n) is 5.02. The molecule has 2 unspecified atom stereocenters. The first-order valence-corrected chi connectivity index (χ1v) is 6.66. The normalized spacial score (nSPS) is 19.0. The van der Waals surface area contributed by atoms with Gasteiger partial charge in [-0.3, -0.25) is 20.8 Å². The number of non-ortho nitro benzene ring substituents is 1. The van der Waals surface area contributed by atoms with Gasteiger partial charge in [-0.15, -0.1) is 0 Å². The number of nitrogens with zero attached hydrogens (tertiary/aromatic N) is 1. The predicted molar refractivity (Wildman–Crippen MR) is 76.8 cm³/mol. The number of nitro benzene ring substituents is 1. The molecule has 114 valence electrons. The Balaban J connectivity index is 2.16. The first kappa shape index (κ1) is 15.2. The Morgan fingerprint density at radius 1 is 1.57 bits per heavy atom. The van der Waals surface area contributed by atoms with Crippen LogP contribution in [-0.2, 0) is 4.74 Å². The number of hydrazine groups is 1. The lowest BCUT2D eigenvalue weighted by molar-refractivity contribution is -0.384. The number of nitrogens with one attached hydrogen (secondary N) is 2. The number of nitrogen functional groups attached to an aromatic ring is 1. The Bertz CT molecular complexity index is 543. The summed E-state index contributed by atoms with van der Waals surface area (Å²) in [6, 6.07) is 3.84. The van der Waals surface area contributed by atoms with Gasteiger partial charge in [-0.1, -0.05) is 0 Å². The highest BCUT2D eigenvalue weighted by atomic mass is 16.6. The van der Waals surface area contributed by atoms with Crippen LogP contribution in [0.5, 0.6) is 0 Å². The molecule has 0 aliphatic carbocycles. The monoisotopic (exact) mass is 294 g/mol. The second kappa shape index (κ2) is 6.51. The molecule has 0 bridgehead atoms. The van der Waals surface area contributed by atoms with Crippen LogP contribution in [0.3, 0.4) is 0 Å². The van der Waals surface area contributed by atoms with Crippen LogP contribution in [0.15, 0.2) is 18.2 Å². The molecule has 1 aromatic rings. The minimum absolute atomic E-state index is 0.0788. The summed E-state index contributed by atoms with van der Waals surface area (Å²) >= 11 is 0. The number of nitro groups is 1. The van der Waals surface area contributed by atoms with Gasteiger partial charge >= 0.3 is 0 Å². The van der Waals surface area contributed by atoms with Crippen LogP contribution in [0.4, 0.5) is 11.4 Å². The van der Waals surface area contributed by atoms with Gasteiger partial charge in [-0.2, -0.15) is 0 Å². The van der Waals surface area contributed by atoms with Gasteiger partial charge in [-0.25, -0.2) is 0 Å². The number of hydrogen-bond acceptors (Lipinski definition) is 6. The van der Waals surface area contributed by atoms with E-state index in [2.05, 4.69) is 10.7 Å². The van der Waals surface area contributed by atoms with Crippen molar-refractivity contribution in [2.45, 2.75) is 19.4 Å². The Labute approximate surface area is 121 Å². The molecule has 1 aliphatic heterocycles. The minimum atomic E-state index is -0.550. The fraction of sp³-hybridized carbons (Fsp3) is 0.462. The molecule has 0 radical (unpaired) electrons. The van der Waals surface area contributed by atoms with E-state index in [0.717, 1.165) is 6.42 Å². The number of carbonyl (C=O) groups is 1. The molecule has 8 nitrogen and oxygen atoms in total. The van der Waals surface area contributed by atoms with Crippen molar-refractivity contribution in [2.75, 3.05) is 18.6 Å². The molecule has 1 amide bonds. The molecule has 0 spiro atoms. The van der Waals surface area contributed by atoms with Crippen LogP contribution in [0, 0.1) is 16.0 Å². The maximum Gasteiger partial charge on any atom is 0.270 e. The standard InChI is InChI=1S/C13H18N4O4/c1-8(9-4-5-21-7-9)15-13(18)11-6-10(17(19)20)2-3-12(11)16-14/h2-3,6,8-9,16H,4-5,7,14H2,1H3,(H,15,18). The zero-order chi connectivity index (χ0) is 15.4. The van der Waals surface area contributed by atoms with Crippen molar-refractivity contribution in [1.82, 2.24) is 5.32 Å². The van der Waals surface area contributed by atoms with Crippen LogP contribution in [0.2, 0.25) is 0 Å². The van der Waals surface area contributed by atoms with Crippen molar-refractivity contribution in [3.05, 3.63) is 33.9 Å². The van der Waals surface area contributed by atoms with Gasteiger partial charge < -0.3 is 15.5 Å². The van der Waals surface area contributed by atoms with Crippen LogP contribution < -0.4 is 16.6 Å². The van der Waals surface area contributed by atoms with Crippen molar-refractivity contribution in [3.63, 3.8) is 0 Å². The maximum atomic E-state index is 12.3. The average Bonchev–Trinajstić information content (AvgIpc) is 3.00. The molecule has 2 rings (SSSR count). The SMILES string of the molecule is CC(NC(=O)c1cc([N+](=O)[O-])ccc1NN)C1CCOC1. The van der Waals surface area contributed by atoms with Gasteiger partial charge in [0.2, 0.25) is 0 Å². The number of amides is 1. The predicted octanol–water partition coefficient (Wildman–Crippen LogP) is 1.04. The molecule has 1 aliphatic rings. The van der Waals surface area contributed by atoms with Gasteiger partial charge in [0.05, 0.1) is 22.8 Å². The van der Waals surface area contributed by atoms with E-state index in [1.54, 1.807) is 0 Å². The fourth-order valence-corrected chi connectivity index (χ4v) is 2.31. The maximum absolute atomic E-state index is 12.3. The number of benzene rings is 1. The summed E-state index contributed by atoms with van der Waals surface area (Å²) in [7, 11) is 0. The molecule has 4 N–H and O–H groups in total. The van der Waals surface area contributed by atoms with E-state index in [-0.39, 0.29) is 23.2 Å². The molecule has 1 saturated heterocycles. The zero-order valence-electron chi connectivity index (χ0n) is 11.7. The van der Waals surface area contributed by atoms with Gasteiger partial charge in [0.15, 0.2) is 0 Å². The third-order valence-corrected chi connectivity index (χ3v) is 3.64.